The Labute approximate surface area is 157 Å². The Balaban J connectivity index is 1.68. The fourth-order valence-corrected chi connectivity index (χ4v) is 2.59. The molecule has 1 heterocycles. The predicted octanol–water partition coefficient (Wildman–Crippen LogP) is 3.71. The molecule has 6 heteroatoms. The van der Waals surface area contributed by atoms with E-state index in [2.05, 4.69) is 10.3 Å². The molecule has 0 radical (unpaired) electrons. The van der Waals surface area contributed by atoms with Crippen LogP contribution in [0.4, 0.5) is 4.39 Å². The molecule has 3 aromatic rings. The summed E-state index contributed by atoms with van der Waals surface area (Å²) in [5.74, 6) is 0.381. The number of hydrogen-bond acceptors (Lipinski definition) is 4. The maximum absolute atomic E-state index is 12.9. The molecule has 0 aliphatic rings. The minimum Gasteiger partial charge on any atom is -0.439 e. The third-order valence-electron chi connectivity index (χ3n) is 3.91. The highest BCUT2D eigenvalue weighted by Gasteiger charge is 2.08. The summed E-state index contributed by atoms with van der Waals surface area (Å²) in [5, 5.41) is 2.80. The molecule has 0 spiro atoms. The smallest absolute Gasteiger partial charge is 0.251 e. The zero-order valence-corrected chi connectivity index (χ0v) is 14.9. The van der Waals surface area contributed by atoms with E-state index in [1.54, 1.807) is 42.5 Å². The van der Waals surface area contributed by atoms with Crippen LogP contribution in [0.1, 0.15) is 27.2 Å². The number of amides is 1. The summed E-state index contributed by atoms with van der Waals surface area (Å²) < 4.78 is 18.7. The minimum atomic E-state index is -0.308. The van der Waals surface area contributed by atoms with Crippen LogP contribution in [-0.4, -0.2) is 10.9 Å². The van der Waals surface area contributed by atoms with Gasteiger partial charge in [-0.1, -0.05) is 18.2 Å². The van der Waals surface area contributed by atoms with Crippen LogP contribution in [0.25, 0.3) is 0 Å². The van der Waals surface area contributed by atoms with Gasteiger partial charge in [0, 0.05) is 30.4 Å². The fourth-order valence-electron chi connectivity index (χ4n) is 2.59. The summed E-state index contributed by atoms with van der Waals surface area (Å²) >= 11 is 0. The van der Waals surface area contributed by atoms with Gasteiger partial charge in [0.2, 0.25) is 5.88 Å². The first-order valence-electron chi connectivity index (χ1n) is 8.51. The SMILES string of the molecule is Cc1cc(CN)cc(Oc2cccc(C(=O)NCc3ccc(F)cc3)c2)n1. The first-order chi connectivity index (χ1) is 13.0. The van der Waals surface area contributed by atoms with E-state index in [-0.39, 0.29) is 11.7 Å². The van der Waals surface area contributed by atoms with Crippen molar-refractivity contribution < 1.29 is 13.9 Å². The number of carbonyl (C=O) groups excluding carboxylic acids is 1. The molecule has 0 aliphatic carbocycles. The lowest BCUT2D eigenvalue weighted by Gasteiger charge is -2.09. The predicted molar refractivity (Wildman–Crippen MR) is 101 cm³/mol. The van der Waals surface area contributed by atoms with Crippen molar-refractivity contribution >= 4 is 5.91 Å². The zero-order valence-electron chi connectivity index (χ0n) is 14.9. The van der Waals surface area contributed by atoms with Crippen molar-refractivity contribution in [2.75, 3.05) is 0 Å². The summed E-state index contributed by atoms with van der Waals surface area (Å²) in [4.78, 5) is 16.7. The monoisotopic (exact) mass is 365 g/mol. The lowest BCUT2D eigenvalue weighted by Crippen LogP contribution is -2.22. The Kier molecular flexibility index (Phi) is 5.78. The molecular formula is C21H20FN3O2. The van der Waals surface area contributed by atoms with Gasteiger partial charge in [-0.2, -0.15) is 0 Å². The van der Waals surface area contributed by atoms with Gasteiger partial charge in [-0.05, 0) is 54.4 Å². The average Bonchev–Trinajstić information content (AvgIpc) is 2.67. The molecule has 0 saturated heterocycles. The van der Waals surface area contributed by atoms with E-state index in [4.69, 9.17) is 10.5 Å². The van der Waals surface area contributed by atoms with E-state index < -0.39 is 0 Å². The maximum Gasteiger partial charge on any atom is 0.251 e. The van der Waals surface area contributed by atoms with Crippen molar-refractivity contribution in [3.8, 4) is 11.6 Å². The summed E-state index contributed by atoms with van der Waals surface area (Å²) in [5.41, 5.74) is 8.68. The van der Waals surface area contributed by atoms with Crippen LogP contribution in [0.15, 0.2) is 60.7 Å². The molecule has 0 saturated carbocycles. The van der Waals surface area contributed by atoms with E-state index in [1.807, 2.05) is 13.0 Å². The molecular weight excluding hydrogens is 345 g/mol. The lowest BCUT2D eigenvalue weighted by molar-refractivity contribution is 0.0950. The lowest BCUT2D eigenvalue weighted by atomic mass is 10.2. The van der Waals surface area contributed by atoms with Gasteiger partial charge in [-0.3, -0.25) is 4.79 Å². The number of nitrogens with one attached hydrogen (secondary N) is 1. The van der Waals surface area contributed by atoms with Crippen LogP contribution in [0.3, 0.4) is 0 Å². The van der Waals surface area contributed by atoms with Crippen LogP contribution in [0.2, 0.25) is 0 Å². The van der Waals surface area contributed by atoms with Crippen LogP contribution < -0.4 is 15.8 Å². The summed E-state index contributed by atoms with van der Waals surface area (Å²) in [6.07, 6.45) is 0. The molecule has 2 aromatic carbocycles. The van der Waals surface area contributed by atoms with Gasteiger partial charge in [-0.15, -0.1) is 0 Å². The molecule has 1 aromatic heterocycles. The van der Waals surface area contributed by atoms with E-state index in [0.29, 0.717) is 30.3 Å². The van der Waals surface area contributed by atoms with Gasteiger partial charge < -0.3 is 15.8 Å². The van der Waals surface area contributed by atoms with Gasteiger partial charge in [-0.25, -0.2) is 9.37 Å². The second kappa shape index (κ2) is 8.42. The summed E-state index contributed by atoms with van der Waals surface area (Å²) in [7, 11) is 0. The Morgan fingerprint density at radius 3 is 2.63 bits per heavy atom. The largest absolute Gasteiger partial charge is 0.439 e. The molecule has 138 valence electrons. The number of pyridine rings is 1. The highest BCUT2D eigenvalue weighted by molar-refractivity contribution is 5.94. The number of ether oxygens (including phenoxy) is 1. The van der Waals surface area contributed by atoms with Crippen molar-refractivity contribution in [1.82, 2.24) is 10.3 Å². The number of aromatic nitrogens is 1. The second-order valence-electron chi connectivity index (χ2n) is 6.10. The molecule has 3 rings (SSSR count). The van der Waals surface area contributed by atoms with Crippen molar-refractivity contribution in [3.63, 3.8) is 0 Å². The van der Waals surface area contributed by atoms with E-state index >= 15 is 0 Å². The molecule has 5 nitrogen and oxygen atoms in total. The third-order valence-corrected chi connectivity index (χ3v) is 3.91. The minimum absolute atomic E-state index is 0.246. The van der Waals surface area contributed by atoms with Crippen molar-refractivity contribution in [1.29, 1.82) is 0 Å². The number of nitrogens with zero attached hydrogens (tertiary/aromatic N) is 1. The van der Waals surface area contributed by atoms with Crippen LogP contribution in [0.5, 0.6) is 11.6 Å². The number of rotatable bonds is 6. The number of aryl methyl sites for hydroxylation is 1. The number of nitrogens with two attached hydrogens (primary N) is 1. The Hall–Kier alpha value is -3.25. The van der Waals surface area contributed by atoms with Crippen LogP contribution >= 0.6 is 0 Å². The Morgan fingerprint density at radius 1 is 1.11 bits per heavy atom. The maximum atomic E-state index is 12.9. The number of halogens is 1. The molecule has 1 amide bonds. The van der Waals surface area contributed by atoms with E-state index in [1.165, 1.54) is 12.1 Å². The van der Waals surface area contributed by atoms with Gasteiger partial charge >= 0.3 is 0 Å². The van der Waals surface area contributed by atoms with Gasteiger partial charge in [0.25, 0.3) is 5.91 Å². The first kappa shape index (κ1) is 18.5. The highest BCUT2D eigenvalue weighted by atomic mass is 19.1. The van der Waals surface area contributed by atoms with Crippen LogP contribution in [-0.2, 0) is 13.1 Å². The first-order valence-corrected chi connectivity index (χ1v) is 8.51. The fraction of sp³-hybridized carbons (Fsp3) is 0.143. The van der Waals surface area contributed by atoms with Crippen molar-refractivity contribution in [2.45, 2.75) is 20.0 Å². The van der Waals surface area contributed by atoms with Crippen molar-refractivity contribution in [2.24, 2.45) is 5.73 Å². The topological polar surface area (TPSA) is 77.2 Å². The summed E-state index contributed by atoms with van der Waals surface area (Å²) in [6, 6.07) is 16.5. The van der Waals surface area contributed by atoms with E-state index in [9.17, 15) is 9.18 Å². The third kappa shape index (κ3) is 5.12. The molecule has 27 heavy (non-hydrogen) atoms. The normalized spacial score (nSPS) is 10.5. The molecule has 0 aliphatic heterocycles. The standard InChI is InChI=1S/C21H20FN3O2/c1-14-9-16(12-23)10-20(25-14)27-19-4-2-3-17(11-19)21(26)24-13-15-5-7-18(22)8-6-15/h2-11H,12-13,23H2,1H3,(H,24,26). The number of hydrogen-bond donors (Lipinski definition) is 2. The number of benzene rings is 2. The number of carbonyl (C=O) groups is 1. The van der Waals surface area contributed by atoms with Gasteiger partial charge in [0.1, 0.15) is 11.6 Å². The van der Waals surface area contributed by atoms with Crippen LogP contribution in [0, 0.1) is 12.7 Å². The quantitative estimate of drug-likeness (QED) is 0.698. The Bertz CT molecular complexity index is 942. The Morgan fingerprint density at radius 2 is 1.89 bits per heavy atom. The molecule has 0 bridgehead atoms. The van der Waals surface area contributed by atoms with E-state index in [0.717, 1.165) is 16.8 Å². The molecule has 0 fully saturated rings. The summed E-state index contributed by atoms with van der Waals surface area (Å²) in [6.45, 7) is 2.57. The second-order valence-corrected chi connectivity index (χ2v) is 6.10. The average molecular weight is 365 g/mol. The molecule has 0 atom stereocenters. The van der Waals surface area contributed by atoms with Crippen molar-refractivity contribution in [3.05, 3.63) is 88.9 Å². The van der Waals surface area contributed by atoms with Gasteiger partial charge in [0.05, 0.1) is 0 Å². The zero-order chi connectivity index (χ0) is 19.2. The van der Waals surface area contributed by atoms with Gasteiger partial charge in [0.15, 0.2) is 0 Å². The highest BCUT2D eigenvalue weighted by Crippen LogP contribution is 2.22. The molecule has 3 N–H and O–H groups in total. The molecule has 0 unspecified atom stereocenters.